The number of anilines is 5. The van der Waals surface area contributed by atoms with E-state index in [1.54, 1.807) is 18.2 Å². The molecule has 0 radical (unpaired) electrons. The van der Waals surface area contributed by atoms with Crippen LogP contribution in [0.1, 0.15) is 78.1 Å². The van der Waals surface area contributed by atoms with E-state index in [-0.39, 0.29) is 46.6 Å². The maximum Gasteiger partial charge on any atom is 0.419 e. The zero-order chi connectivity index (χ0) is 40.1. The third kappa shape index (κ3) is 9.41. The van der Waals surface area contributed by atoms with Crippen LogP contribution in [0.15, 0.2) is 72.9 Å². The fourth-order valence-electron chi connectivity index (χ4n) is 7.41. The van der Waals surface area contributed by atoms with Crippen molar-refractivity contribution in [1.29, 1.82) is 0 Å². The largest absolute Gasteiger partial charge is 0.489 e. The Morgan fingerprint density at radius 2 is 1.73 bits per heavy atom. The zero-order valence-electron chi connectivity index (χ0n) is 32.2. The fourth-order valence-corrected chi connectivity index (χ4v) is 7.41. The molecule has 0 bridgehead atoms. The Bertz CT molecular complexity index is 2080. The number of para-hydroxylation sites is 1. The summed E-state index contributed by atoms with van der Waals surface area (Å²) in [5.41, 5.74) is 3.74. The van der Waals surface area contributed by atoms with Crippen molar-refractivity contribution >= 4 is 46.3 Å². The molecule has 11 nitrogen and oxygen atoms in total. The lowest BCUT2D eigenvalue weighted by atomic mass is 9.89. The molecule has 2 fully saturated rings. The number of hydrogen-bond donors (Lipinski definition) is 4. The van der Waals surface area contributed by atoms with Gasteiger partial charge in [0, 0.05) is 63.2 Å². The number of nitrogens with one attached hydrogen (secondary N) is 4. The van der Waals surface area contributed by atoms with Crippen LogP contribution in [0.25, 0.3) is 0 Å². The van der Waals surface area contributed by atoms with E-state index in [2.05, 4.69) is 55.2 Å². The van der Waals surface area contributed by atoms with Crippen LogP contribution in [0.2, 0.25) is 0 Å². The van der Waals surface area contributed by atoms with E-state index >= 15 is 0 Å². The lowest BCUT2D eigenvalue weighted by molar-refractivity contribution is -0.137. The third-order valence-corrected chi connectivity index (χ3v) is 10.3. The third-order valence-electron chi connectivity index (χ3n) is 10.3. The van der Waals surface area contributed by atoms with Crippen molar-refractivity contribution in [2.45, 2.75) is 77.2 Å². The number of carbonyl (C=O) groups excluding carboxylic acids is 3. The summed E-state index contributed by atoms with van der Waals surface area (Å²) in [4.78, 5) is 45.4. The number of alkyl halides is 3. The molecule has 3 heterocycles. The molecule has 2 aliphatic heterocycles. The molecule has 14 heteroatoms. The fraction of sp³-hybridized carbons (Fsp3) is 0.381. The van der Waals surface area contributed by atoms with Gasteiger partial charge >= 0.3 is 6.18 Å². The molecule has 1 aromatic heterocycles. The van der Waals surface area contributed by atoms with Crippen molar-refractivity contribution in [2.24, 2.45) is 0 Å². The van der Waals surface area contributed by atoms with Crippen LogP contribution in [0.4, 0.5) is 41.7 Å². The minimum atomic E-state index is -4.70. The van der Waals surface area contributed by atoms with Crippen LogP contribution in [0.3, 0.4) is 0 Å². The normalized spacial score (nSPS) is 16.5. The summed E-state index contributed by atoms with van der Waals surface area (Å²) in [5.74, 6) is -0.518. The second-order valence-electron chi connectivity index (χ2n) is 14.7. The molecule has 6 rings (SSSR count). The maximum atomic E-state index is 14.2. The first-order valence-electron chi connectivity index (χ1n) is 18.8. The Balaban J connectivity index is 1.17. The summed E-state index contributed by atoms with van der Waals surface area (Å²) < 4.78 is 48.7. The van der Waals surface area contributed by atoms with Crippen molar-refractivity contribution < 1.29 is 32.3 Å². The van der Waals surface area contributed by atoms with Gasteiger partial charge in [-0.2, -0.15) is 13.2 Å². The molecule has 296 valence electrons. The standard InChI is InChI=1S/C42H48F3N7O4/c1-25(2)56-37-22-36(52-17-15-29(16-18-52)51(5)24-27-9-8-10-28(20-27)30-13-14-39(53)50-41(30)55)26(3)19-35(37)49-38-21-34(32(23-47-38)42(43,44)45)48-33-12-7-6-11-31(33)40(54)46-4/h6-12,19-23,25,29-30H,13-18,24H2,1-5H3,(H,46,54)(H2,47,48,49)(H,50,53,55). The molecule has 4 N–H and O–H groups in total. The van der Waals surface area contributed by atoms with Crippen molar-refractivity contribution in [1.82, 2.24) is 20.5 Å². The van der Waals surface area contributed by atoms with Gasteiger partial charge in [-0.25, -0.2) is 4.98 Å². The molecule has 0 saturated carbocycles. The minimum Gasteiger partial charge on any atom is -0.489 e. The van der Waals surface area contributed by atoms with E-state index < -0.39 is 17.6 Å². The summed E-state index contributed by atoms with van der Waals surface area (Å²) in [6, 6.07) is 19.9. The van der Waals surface area contributed by atoms with Gasteiger partial charge in [0.15, 0.2) is 0 Å². The van der Waals surface area contributed by atoms with Crippen LogP contribution >= 0.6 is 0 Å². The number of aryl methyl sites for hydroxylation is 1. The first kappa shape index (κ1) is 40.0. The molecule has 1 unspecified atom stereocenters. The first-order chi connectivity index (χ1) is 26.7. The average molecular weight is 772 g/mol. The first-order valence-corrected chi connectivity index (χ1v) is 18.8. The number of benzene rings is 3. The number of nitrogens with zero attached hydrogens (tertiary/aromatic N) is 3. The number of hydrogen-bond acceptors (Lipinski definition) is 9. The molecule has 0 aliphatic carbocycles. The predicted octanol–water partition coefficient (Wildman–Crippen LogP) is 7.66. The monoisotopic (exact) mass is 771 g/mol. The SMILES string of the molecule is CNC(=O)c1ccccc1Nc1cc(Nc2cc(C)c(N3CCC(N(C)Cc4cccc(C5CCC(=O)NC5=O)c4)CC3)cc2OC(C)C)ncc1C(F)(F)F. The topological polar surface area (TPSA) is 128 Å². The lowest BCUT2D eigenvalue weighted by Gasteiger charge is -2.39. The Kier molecular flexibility index (Phi) is 12.2. The molecule has 1 atom stereocenters. The molecular formula is C42H48F3N7O4. The number of ether oxygens (including phenoxy) is 1. The Morgan fingerprint density at radius 1 is 0.982 bits per heavy atom. The summed E-state index contributed by atoms with van der Waals surface area (Å²) >= 11 is 0. The Morgan fingerprint density at radius 3 is 2.43 bits per heavy atom. The molecule has 2 aliphatic rings. The minimum absolute atomic E-state index is 0.158. The summed E-state index contributed by atoms with van der Waals surface area (Å²) in [6.45, 7) is 8.17. The van der Waals surface area contributed by atoms with Gasteiger partial charge in [-0.05, 0) is 82.0 Å². The van der Waals surface area contributed by atoms with Gasteiger partial charge < -0.3 is 25.6 Å². The van der Waals surface area contributed by atoms with Gasteiger partial charge in [-0.15, -0.1) is 0 Å². The molecule has 0 spiro atoms. The second-order valence-corrected chi connectivity index (χ2v) is 14.7. The molecule has 4 aromatic rings. The van der Waals surface area contributed by atoms with Crippen LogP contribution in [-0.2, 0) is 22.3 Å². The second kappa shape index (κ2) is 17.0. The molecule has 3 aromatic carbocycles. The van der Waals surface area contributed by atoms with Gasteiger partial charge in [0.2, 0.25) is 11.8 Å². The van der Waals surface area contributed by atoms with Crippen molar-refractivity contribution in [3.05, 3.63) is 101 Å². The van der Waals surface area contributed by atoms with Crippen molar-refractivity contribution in [2.75, 3.05) is 42.7 Å². The van der Waals surface area contributed by atoms with Gasteiger partial charge in [-0.3, -0.25) is 24.6 Å². The quantitative estimate of drug-likeness (QED) is 0.107. The van der Waals surface area contributed by atoms with Crippen LogP contribution in [0.5, 0.6) is 5.75 Å². The number of amides is 3. The zero-order valence-corrected chi connectivity index (χ0v) is 32.2. The molecule has 3 amide bonds. The van der Waals surface area contributed by atoms with E-state index in [0.29, 0.717) is 30.3 Å². The highest BCUT2D eigenvalue weighted by Crippen LogP contribution is 2.40. The van der Waals surface area contributed by atoms with Crippen LogP contribution in [0, 0.1) is 6.92 Å². The van der Waals surface area contributed by atoms with Crippen molar-refractivity contribution in [3.8, 4) is 5.75 Å². The smallest absolute Gasteiger partial charge is 0.419 e. The Labute approximate surface area is 325 Å². The highest BCUT2D eigenvalue weighted by molar-refractivity contribution is 6.01. The number of aromatic nitrogens is 1. The molecule has 2 saturated heterocycles. The maximum absolute atomic E-state index is 14.2. The molecular weight excluding hydrogens is 724 g/mol. The number of halogens is 3. The summed E-state index contributed by atoms with van der Waals surface area (Å²) in [7, 11) is 3.58. The summed E-state index contributed by atoms with van der Waals surface area (Å²) in [5, 5.41) is 11.0. The number of piperidine rings is 2. The van der Waals surface area contributed by atoms with E-state index in [1.165, 1.54) is 19.2 Å². The average Bonchev–Trinajstić information content (AvgIpc) is 3.15. The van der Waals surface area contributed by atoms with Gasteiger partial charge in [0.25, 0.3) is 5.91 Å². The summed E-state index contributed by atoms with van der Waals surface area (Å²) in [6.07, 6.45) is -1.40. The number of pyridine rings is 1. The van der Waals surface area contributed by atoms with Gasteiger partial charge in [0.1, 0.15) is 11.6 Å². The predicted molar refractivity (Wildman–Crippen MR) is 211 cm³/mol. The number of imide groups is 1. The van der Waals surface area contributed by atoms with E-state index in [9.17, 15) is 27.6 Å². The van der Waals surface area contributed by atoms with E-state index in [4.69, 9.17) is 4.74 Å². The lowest BCUT2D eigenvalue weighted by Crippen LogP contribution is -2.43. The Hall–Kier alpha value is -5.63. The number of rotatable bonds is 12. The molecule has 56 heavy (non-hydrogen) atoms. The van der Waals surface area contributed by atoms with Gasteiger partial charge in [-0.1, -0.05) is 36.4 Å². The van der Waals surface area contributed by atoms with Crippen LogP contribution in [-0.4, -0.2) is 66.9 Å². The van der Waals surface area contributed by atoms with E-state index in [0.717, 1.165) is 61.1 Å². The van der Waals surface area contributed by atoms with E-state index in [1.807, 2.05) is 45.0 Å². The van der Waals surface area contributed by atoms with Gasteiger partial charge in [0.05, 0.1) is 40.2 Å². The highest BCUT2D eigenvalue weighted by Gasteiger charge is 2.35. The van der Waals surface area contributed by atoms with Crippen molar-refractivity contribution in [3.63, 3.8) is 0 Å². The van der Waals surface area contributed by atoms with Crippen LogP contribution < -0.4 is 30.9 Å². The number of carbonyl (C=O) groups is 3. The highest BCUT2D eigenvalue weighted by atomic mass is 19.4.